The summed E-state index contributed by atoms with van der Waals surface area (Å²) in [5.41, 5.74) is 0.933. The first-order chi connectivity index (χ1) is 13.9. The molecule has 0 saturated heterocycles. The topological polar surface area (TPSA) is 120 Å². The first-order valence-electron chi connectivity index (χ1n) is 8.52. The first kappa shape index (κ1) is 22.7. The predicted molar refractivity (Wildman–Crippen MR) is 107 cm³/mol. The molecule has 0 aliphatic heterocycles. The van der Waals surface area contributed by atoms with E-state index in [1.54, 1.807) is 24.6 Å². The number of methoxy groups -OCH3 is 2. The van der Waals surface area contributed by atoms with Crippen molar-refractivity contribution in [3.63, 3.8) is 0 Å². The third kappa shape index (κ3) is 7.04. The highest BCUT2D eigenvalue weighted by Crippen LogP contribution is 2.27. The summed E-state index contributed by atoms with van der Waals surface area (Å²) in [4.78, 5) is 23.4. The van der Waals surface area contributed by atoms with Crippen LogP contribution in [-0.4, -0.2) is 54.2 Å². The van der Waals surface area contributed by atoms with Crippen LogP contribution < -0.4 is 19.5 Å². The van der Waals surface area contributed by atoms with Gasteiger partial charge in [0.05, 0.1) is 14.2 Å². The van der Waals surface area contributed by atoms with Crippen LogP contribution in [0.3, 0.4) is 0 Å². The average Bonchev–Trinajstić information content (AvgIpc) is 3.26. The fourth-order valence-electron chi connectivity index (χ4n) is 2.27. The second kappa shape index (κ2) is 10.8. The quantitative estimate of drug-likeness (QED) is 0.497. The van der Waals surface area contributed by atoms with Crippen LogP contribution in [0.5, 0.6) is 11.5 Å². The molecule has 158 valence electrons. The molecule has 0 saturated carbocycles. The van der Waals surface area contributed by atoms with E-state index in [0.717, 1.165) is 16.9 Å². The van der Waals surface area contributed by atoms with Gasteiger partial charge in [0.1, 0.15) is 10.8 Å². The molecule has 1 heterocycles. The molecule has 1 aromatic heterocycles. The Labute approximate surface area is 173 Å². The lowest BCUT2D eigenvalue weighted by Crippen LogP contribution is -2.34. The minimum Gasteiger partial charge on any atom is -0.493 e. The number of rotatable bonds is 11. The maximum absolute atomic E-state index is 11.9. The maximum Gasteiger partial charge on any atom is 0.321 e. The van der Waals surface area contributed by atoms with E-state index in [1.165, 1.54) is 13.2 Å². The molecule has 1 aromatic carbocycles. The number of esters is 1. The lowest BCUT2D eigenvalue weighted by Gasteiger charge is -2.10. The van der Waals surface area contributed by atoms with Gasteiger partial charge >= 0.3 is 5.97 Å². The molecule has 0 fully saturated rings. The lowest BCUT2D eigenvalue weighted by molar-refractivity contribution is -0.147. The Morgan fingerprint density at radius 3 is 2.52 bits per heavy atom. The van der Waals surface area contributed by atoms with Crippen molar-refractivity contribution in [2.45, 2.75) is 10.6 Å². The minimum atomic E-state index is -3.76. The van der Waals surface area contributed by atoms with Gasteiger partial charge in [0.25, 0.3) is 15.9 Å². The molecular weight excluding hydrogens is 420 g/mol. The molecule has 1 amide bonds. The van der Waals surface area contributed by atoms with Crippen molar-refractivity contribution in [2.75, 3.05) is 33.9 Å². The number of thiophene rings is 1. The number of hydrogen-bond donors (Lipinski definition) is 2. The fraction of sp³-hybridized carbons (Fsp3) is 0.333. The molecule has 9 nitrogen and oxygen atoms in total. The van der Waals surface area contributed by atoms with Gasteiger partial charge in [-0.05, 0) is 35.6 Å². The van der Waals surface area contributed by atoms with Crippen LogP contribution >= 0.6 is 11.3 Å². The molecule has 0 atom stereocenters. The second-order valence-electron chi connectivity index (χ2n) is 5.71. The molecule has 2 rings (SSSR count). The predicted octanol–water partition coefficient (Wildman–Crippen LogP) is 0.946. The number of sulfonamides is 1. The summed E-state index contributed by atoms with van der Waals surface area (Å²) in [5, 5.41) is 4.23. The molecule has 0 spiro atoms. The van der Waals surface area contributed by atoms with Gasteiger partial charge in [0.15, 0.2) is 18.1 Å². The zero-order chi connectivity index (χ0) is 21.3. The maximum atomic E-state index is 11.9. The normalized spacial score (nSPS) is 11.0. The number of nitrogens with one attached hydrogen (secondary N) is 2. The molecular formula is C18H22N2O7S2. The number of carbonyl (C=O) groups excluding carboxylic acids is 2. The molecule has 0 aliphatic rings. The molecule has 0 unspecified atom stereocenters. The van der Waals surface area contributed by atoms with Crippen LogP contribution in [0.15, 0.2) is 39.9 Å². The summed E-state index contributed by atoms with van der Waals surface area (Å²) < 4.78 is 41.2. The highest BCUT2D eigenvalue weighted by atomic mass is 32.2. The smallest absolute Gasteiger partial charge is 0.321 e. The van der Waals surface area contributed by atoms with E-state index in [-0.39, 0.29) is 4.21 Å². The Kier molecular flexibility index (Phi) is 8.43. The Morgan fingerprint density at radius 2 is 1.86 bits per heavy atom. The zero-order valence-corrected chi connectivity index (χ0v) is 17.6. The molecule has 0 bridgehead atoms. The molecule has 2 N–H and O–H groups in total. The van der Waals surface area contributed by atoms with Crippen LogP contribution in [0.4, 0.5) is 0 Å². The minimum absolute atomic E-state index is 0.0956. The standard InChI is InChI=1S/C18H22N2O7S2/c1-25-14-6-5-13(10-15(14)26-2)7-8-19-16(21)12-27-17(22)11-20-29(23,24)18-4-3-9-28-18/h3-6,9-10,20H,7-8,11-12H2,1-2H3,(H,19,21). The van der Waals surface area contributed by atoms with Gasteiger partial charge < -0.3 is 19.5 Å². The second-order valence-corrected chi connectivity index (χ2v) is 8.65. The summed E-state index contributed by atoms with van der Waals surface area (Å²) in [6.45, 7) is -0.721. The van der Waals surface area contributed by atoms with Crippen LogP contribution in [0, 0.1) is 0 Å². The van der Waals surface area contributed by atoms with Crippen molar-refractivity contribution in [1.29, 1.82) is 0 Å². The number of ether oxygens (including phenoxy) is 3. The number of carbonyl (C=O) groups is 2. The van der Waals surface area contributed by atoms with E-state index < -0.39 is 35.1 Å². The third-order valence-corrected chi connectivity index (χ3v) is 6.51. The molecule has 0 radical (unpaired) electrons. The summed E-state index contributed by atoms with van der Waals surface area (Å²) in [5.74, 6) is -0.128. The Hall–Kier alpha value is -2.63. The van der Waals surface area contributed by atoms with Crippen molar-refractivity contribution in [3.8, 4) is 11.5 Å². The van der Waals surface area contributed by atoms with E-state index in [9.17, 15) is 18.0 Å². The first-order valence-corrected chi connectivity index (χ1v) is 10.9. The molecule has 2 aromatic rings. The van der Waals surface area contributed by atoms with E-state index in [1.807, 2.05) is 12.1 Å². The Balaban J connectivity index is 1.68. The number of benzene rings is 1. The van der Waals surface area contributed by atoms with Crippen molar-refractivity contribution in [3.05, 3.63) is 41.3 Å². The highest BCUT2D eigenvalue weighted by molar-refractivity contribution is 7.91. The summed E-state index contributed by atoms with van der Waals surface area (Å²) >= 11 is 1.03. The van der Waals surface area contributed by atoms with Gasteiger partial charge in [-0.2, -0.15) is 4.72 Å². The van der Waals surface area contributed by atoms with Crippen LogP contribution in [0.2, 0.25) is 0 Å². The van der Waals surface area contributed by atoms with E-state index in [4.69, 9.17) is 14.2 Å². The van der Waals surface area contributed by atoms with Gasteiger partial charge in [-0.1, -0.05) is 12.1 Å². The monoisotopic (exact) mass is 442 g/mol. The van der Waals surface area contributed by atoms with Crippen molar-refractivity contribution < 1.29 is 32.2 Å². The van der Waals surface area contributed by atoms with Crippen molar-refractivity contribution in [1.82, 2.24) is 10.0 Å². The molecule has 29 heavy (non-hydrogen) atoms. The van der Waals surface area contributed by atoms with Gasteiger partial charge in [0.2, 0.25) is 0 Å². The summed E-state index contributed by atoms with van der Waals surface area (Å²) in [7, 11) is -0.671. The van der Waals surface area contributed by atoms with Gasteiger partial charge in [-0.25, -0.2) is 8.42 Å². The SMILES string of the molecule is COc1ccc(CCNC(=O)COC(=O)CNS(=O)(=O)c2cccs2)cc1OC. The van der Waals surface area contributed by atoms with Gasteiger partial charge in [-0.15, -0.1) is 11.3 Å². The van der Waals surface area contributed by atoms with Crippen molar-refractivity contribution in [2.24, 2.45) is 0 Å². The van der Waals surface area contributed by atoms with E-state index in [2.05, 4.69) is 10.0 Å². The average molecular weight is 443 g/mol. The Bertz CT molecular complexity index is 928. The van der Waals surface area contributed by atoms with Gasteiger partial charge in [0, 0.05) is 6.54 Å². The Morgan fingerprint density at radius 1 is 1.10 bits per heavy atom. The van der Waals surface area contributed by atoms with E-state index >= 15 is 0 Å². The van der Waals surface area contributed by atoms with Crippen LogP contribution in [-0.2, 0) is 30.8 Å². The summed E-state index contributed by atoms with van der Waals surface area (Å²) in [6, 6.07) is 8.45. The number of amides is 1. The third-order valence-electron chi connectivity index (χ3n) is 3.71. The fourth-order valence-corrected chi connectivity index (χ4v) is 4.28. The van der Waals surface area contributed by atoms with Crippen molar-refractivity contribution >= 4 is 33.2 Å². The van der Waals surface area contributed by atoms with Crippen LogP contribution in [0.25, 0.3) is 0 Å². The van der Waals surface area contributed by atoms with Crippen LogP contribution in [0.1, 0.15) is 5.56 Å². The van der Waals surface area contributed by atoms with E-state index in [0.29, 0.717) is 24.5 Å². The zero-order valence-electron chi connectivity index (χ0n) is 16.0. The molecule has 11 heteroatoms. The largest absolute Gasteiger partial charge is 0.493 e. The molecule has 0 aliphatic carbocycles. The lowest BCUT2D eigenvalue weighted by atomic mass is 10.1. The summed E-state index contributed by atoms with van der Waals surface area (Å²) in [6.07, 6.45) is 0.542. The van der Waals surface area contributed by atoms with Gasteiger partial charge in [-0.3, -0.25) is 9.59 Å². The highest BCUT2D eigenvalue weighted by Gasteiger charge is 2.17. The number of hydrogen-bond acceptors (Lipinski definition) is 8.